The molecule has 1 aromatic rings. The summed E-state index contributed by atoms with van der Waals surface area (Å²) in [5, 5.41) is 3.01. The van der Waals surface area contributed by atoms with Crippen LogP contribution in [0.25, 0.3) is 0 Å². The van der Waals surface area contributed by atoms with Gasteiger partial charge in [-0.3, -0.25) is 4.90 Å². The number of benzene rings is 1. The van der Waals surface area contributed by atoms with Crippen LogP contribution in [-0.2, 0) is 0 Å². The summed E-state index contributed by atoms with van der Waals surface area (Å²) in [5.41, 5.74) is 3.68. The molecular formula is C20H29N3O. The summed E-state index contributed by atoms with van der Waals surface area (Å²) in [4.78, 5) is 16.8. The molecule has 4 nitrogen and oxygen atoms in total. The van der Waals surface area contributed by atoms with Crippen LogP contribution in [0.15, 0.2) is 35.9 Å². The summed E-state index contributed by atoms with van der Waals surface area (Å²) in [5.74, 6) is 0. The summed E-state index contributed by atoms with van der Waals surface area (Å²) in [6.45, 7) is 6.77. The van der Waals surface area contributed by atoms with Gasteiger partial charge in [0, 0.05) is 38.4 Å². The topological polar surface area (TPSA) is 35.6 Å². The largest absolute Gasteiger partial charge is 0.322 e. The number of piperazine rings is 1. The lowest BCUT2D eigenvalue weighted by molar-refractivity contribution is 0.148. The maximum absolute atomic E-state index is 12.4. The van der Waals surface area contributed by atoms with E-state index in [9.17, 15) is 4.79 Å². The molecule has 2 aliphatic rings. The van der Waals surface area contributed by atoms with E-state index in [1.165, 1.54) is 32.1 Å². The number of aryl methyl sites for hydroxylation is 1. The fraction of sp³-hybridized carbons (Fsp3) is 0.550. The first kappa shape index (κ1) is 17.0. The molecule has 0 radical (unpaired) electrons. The minimum atomic E-state index is 0.0234. The van der Waals surface area contributed by atoms with Crippen molar-refractivity contribution in [1.29, 1.82) is 0 Å². The third-order valence-corrected chi connectivity index (χ3v) is 5.06. The number of nitrogens with one attached hydrogen (secondary N) is 1. The predicted octanol–water partition coefficient (Wildman–Crippen LogP) is 4.04. The molecule has 0 atom stereocenters. The number of nitrogens with zero attached hydrogens (tertiary/aromatic N) is 2. The van der Waals surface area contributed by atoms with E-state index < -0.39 is 0 Å². The molecule has 1 saturated heterocycles. The molecule has 1 heterocycles. The van der Waals surface area contributed by atoms with Crippen LogP contribution in [-0.4, -0.2) is 48.6 Å². The molecule has 0 aromatic heterocycles. The number of urea groups is 1. The molecular weight excluding hydrogens is 298 g/mol. The fourth-order valence-corrected chi connectivity index (χ4v) is 3.53. The molecule has 1 aliphatic carbocycles. The summed E-state index contributed by atoms with van der Waals surface area (Å²) in [7, 11) is 0. The van der Waals surface area contributed by atoms with Crippen molar-refractivity contribution in [3.8, 4) is 0 Å². The number of carbonyl (C=O) groups excluding carboxylic acids is 1. The van der Waals surface area contributed by atoms with Gasteiger partial charge in [-0.15, -0.1) is 0 Å². The molecule has 130 valence electrons. The van der Waals surface area contributed by atoms with Gasteiger partial charge in [-0.05, 0) is 56.7 Å². The van der Waals surface area contributed by atoms with Gasteiger partial charge in [0.05, 0.1) is 0 Å². The molecule has 0 unspecified atom stereocenters. The Morgan fingerprint density at radius 2 is 2.00 bits per heavy atom. The number of hydrogen-bond donors (Lipinski definition) is 1. The van der Waals surface area contributed by atoms with Crippen molar-refractivity contribution in [2.75, 3.05) is 38.0 Å². The quantitative estimate of drug-likeness (QED) is 0.847. The second kappa shape index (κ2) is 8.34. The van der Waals surface area contributed by atoms with Crippen molar-refractivity contribution in [1.82, 2.24) is 9.80 Å². The van der Waals surface area contributed by atoms with Gasteiger partial charge >= 0.3 is 6.03 Å². The Hall–Kier alpha value is -1.81. The number of rotatable bonds is 4. The van der Waals surface area contributed by atoms with Crippen LogP contribution >= 0.6 is 0 Å². The zero-order chi connectivity index (χ0) is 16.8. The van der Waals surface area contributed by atoms with Crippen LogP contribution in [0.5, 0.6) is 0 Å². The van der Waals surface area contributed by atoms with Crippen molar-refractivity contribution in [2.24, 2.45) is 0 Å². The second-order valence-corrected chi connectivity index (χ2v) is 6.99. The summed E-state index contributed by atoms with van der Waals surface area (Å²) < 4.78 is 0. The Balaban J connectivity index is 1.41. The van der Waals surface area contributed by atoms with Gasteiger partial charge in [0.2, 0.25) is 0 Å². The molecule has 1 aliphatic heterocycles. The standard InChI is InChI=1S/C20H29N3O/c1-17-6-5-9-19(16-17)21-20(24)23-14-12-22(13-15-23)11-10-18-7-3-2-4-8-18/h5-7,9,16H,2-4,8,10-15H2,1H3,(H,21,24). The first-order chi connectivity index (χ1) is 11.7. The van der Waals surface area contributed by atoms with E-state index in [4.69, 9.17) is 0 Å². The molecule has 0 spiro atoms. The highest BCUT2D eigenvalue weighted by Crippen LogP contribution is 2.20. The van der Waals surface area contributed by atoms with E-state index in [2.05, 4.69) is 16.3 Å². The predicted molar refractivity (Wildman–Crippen MR) is 99.4 cm³/mol. The molecule has 0 bridgehead atoms. The van der Waals surface area contributed by atoms with Gasteiger partial charge in [0.15, 0.2) is 0 Å². The highest BCUT2D eigenvalue weighted by atomic mass is 16.2. The van der Waals surface area contributed by atoms with Gasteiger partial charge in [-0.2, -0.15) is 0 Å². The zero-order valence-corrected chi connectivity index (χ0v) is 14.8. The SMILES string of the molecule is Cc1cccc(NC(=O)N2CCN(CCC3=CCCCC3)CC2)c1. The van der Waals surface area contributed by atoms with Crippen molar-refractivity contribution < 1.29 is 4.79 Å². The minimum absolute atomic E-state index is 0.0234. The third kappa shape index (κ3) is 4.84. The Labute approximate surface area is 145 Å². The first-order valence-corrected chi connectivity index (χ1v) is 9.23. The van der Waals surface area contributed by atoms with Gasteiger partial charge < -0.3 is 10.2 Å². The summed E-state index contributed by atoms with van der Waals surface area (Å²) in [6.07, 6.45) is 8.92. The van der Waals surface area contributed by atoms with Gasteiger partial charge in [-0.25, -0.2) is 4.79 Å². The van der Waals surface area contributed by atoms with Crippen LogP contribution in [0.1, 0.15) is 37.7 Å². The summed E-state index contributed by atoms with van der Waals surface area (Å²) >= 11 is 0. The lowest BCUT2D eigenvalue weighted by Gasteiger charge is -2.35. The van der Waals surface area contributed by atoms with Gasteiger partial charge in [0.1, 0.15) is 0 Å². The molecule has 1 aromatic carbocycles. The van der Waals surface area contributed by atoms with Crippen LogP contribution in [0.3, 0.4) is 0 Å². The van der Waals surface area contributed by atoms with Crippen LogP contribution in [0.2, 0.25) is 0 Å². The van der Waals surface area contributed by atoms with Crippen molar-refractivity contribution in [3.05, 3.63) is 41.5 Å². The van der Waals surface area contributed by atoms with Crippen molar-refractivity contribution >= 4 is 11.7 Å². The molecule has 3 rings (SSSR count). The Morgan fingerprint density at radius 3 is 2.71 bits per heavy atom. The van der Waals surface area contributed by atoms with E-state index in [1.54, 1.807) is 5.57 Å². The van der Waals surface area contributed by atoms with Crippen LogP contribution in [0.4, 0.5) is 10.5 Å². The summed E-state index contributed by atoms with van der Waals surface area (Å²) in [6, 6.07) is 7.99. The smallest absolute Gasteiger partial charge is 0.321 e. The van der Waals surface area contributed by atoms with E-state index in [0.29, 0.717) is 0 Å². The number of carbonyl (C=O) groups is 1. The highest BCUT2D eigenvalue weighted by molar-refractivity contribution is 5.89. The van der Waals surface area contributed by atoms with Crippen LogP contribution < -0.4 is 5.32 Å². The number of amides is 2. The minimum Gasteiger partial charge on any atom is -0.322 e. The number of hydrogen-bond acceptors (Lipinski definition) is 2. The lowest BCUT2D eigenvalue weighted by atomic mass is 9.97. The van der Waals surface area contributed by atoms with E-state index in [0.717, 1.165) is 44.0 Å². The average Bonchev–Trinajstić information content (AvgIpc) is 2.61. The number of anilines is 1. The number of allylic oxidation sites excluding steroid dienone is 1. The monoisotopic (exact) mass is 327 g/mol. The first-order valence-electron chi connectivity index (χ1n) is 9.23. The normalized spacial score (nSPS) is 19.0. The van der Waals surface area contributed by atoms with Crippen molar-refractivity contribution in [3.63, 3.8) is 0 Å². The van der Waals surface area contributed by atoms with Crippen molar-refractivity contribution in [2.45, 2.75) is 39.0 Å². The molecule has 1 fully saturated rings. The van der Waals surface area contributed by atoms with E-state index in [1.807, 2.05) is 36.1 Å². The van der Waals surface area contributed by atoms with E-state index >= 15 is 0 Å². The zero-order valence-electron chi connectivity index (χ0n) is 14.8. The molecule has 4 heteroatoms. The maximum atomic E-state index is 12.4. The van der Waals surface area contributed by atoms with Gasteiger partial charge in [-0.1, -0.05) is 23.8 Å². The van der Waals surface area contributed by atoms with Crippen LogP contribution in [0, 0.1) is 6.92 Å². The molecule has 24 heavy (non-hydrogen) atoms. The Bertz CT molecular complexity index is 588. The average molecular weight is 327 g/mol. The Kier molecular flexibility index (Phi) is 5.91. The van der Waals surface area contributed by atoms with E-state index in [-0.39, 0.29) is 6.03 Å². The Morgan fingerprint density at radius 1 is 1.17 bits per heavy atom. The molecule has 2 amide bonds. The van der Waals surface area contributed by atoms with Gasteiger partial charge in [0.25, 0.3) is 0 Å². The maximum Gasteiger partial charge on any atom is 0.321 e. The molecule has 0 saturated carbocycles. The second-order valence-electron chi connectivity index (χ2n) is 6.99. The highest BCUT2D eigenvalue weighted by Gasteiger charge is 2.21. The molecule has 1 N–H and O–H groups in total. The fourth-order valence-electron chi connectivity index (χ4n) is 3.53. The third-order valence-electron chi connectivity index (χ3n) is 5.06. The lowest BCUT2D eigenvalue weighted by Crippen LogP contribution is -2.50.